The molecule has 0 aromatic heterocycles. The lowest BCUT2D eigenvalue weighted by atomic mass is 10.1. The average Bonchev–Trinajstić information content (AvgIpc) is 3.24. The Morgan fingerprint density at radius 2 is 0.746 bits per heavy atom. The van der Waals surface area contributed by atoms with Crippen LogP contribution in [0, 0.1) is 25.0 Å². The topological polar surface area (TPSA) is 244 Å². The van der Waals surface area contributed by atoms with Crippen molar-refractivity contribution in [1.29, 1.82) is 0 Å². The van der Waals surface area contributed by atoms with Crippen molar-refractivity contribution >= 4 is 196 Å². The van der Waals surface area contributed by atoms with E-state index in [1.54, 1.807) is 78.9 Å². The summed E-state index contributed by atoms with van der Waals surface area (Å²) in [5, 5.41) is 31.0. The predicted octanol–water partition coefficient (Wildman–Crippen LogP) is 10.7. The Morgan fingerprint density at radius 3 is 1.04 bits per heavy atom. The number of halogens is 7. The molecule has 6 rings (SSSR count). The van der Waals surface area contributed by atoms with Crippen LogP contribution in [0.5, 0.6) is 51.7 Å². The van der Waals surface area contributed by atoms with Crippen molar-refractivity contribution in [3.05, 3.63) is 145 Å². The van der Waals surface area contributed by atoms with Crippen LogP contribution >= 0.6 is 158 Å². The van der Waals surface area contributed by atoms with Crippen LogP contribution in [0.15, 0.2) is 103 Å². The maximum atomic E-state index is 11.7. The number of benzene rings is 6. The molecular weight excluding hydrogens is 1750 g/mol. The van der Waals surface area contributed by atoms with Gasteiger partial charge in [0.1, 0.15) is 34.5 Å². The van der Waals surface area contributed by atoms with Crippen LogP contribution in [0.4, 0.5) is 0 Å². The van der Waals surface area contributed by atoms with Gasteiger partial charge in [-0.25, -0.2) is 16.8 Å². The summed E-state index contributed by atoms with van der Waals surface area (Å²) in [7, 11) is -7.13. The zero-order valence-electron chi connectivity index (χ0n) is 37.0. The molecule has 6 N–H and O–H groups in total. The minimum atomic E-state index is -3.57. The molecule has 378 valence electrons. The number of carbonyl (C=O) groups is 3. The number of hydrogen-bond acceptors (Lipinski definition) is 13. The quantitative estimate of drug-likeness (QED) is 0.0525. The number of nitrogens with one attached hydrogen (secondary N) is 3. The number of amides is 3. The first-order valence-electron chi connectivity index (χ1n) is 20.0. The first-order valence-corrected chi connectivity index (χ1v) is 31.3. The number of likely N-dealkylation sites (N-methyl/N-ethyl adjacent to an activating group) is 1. The highest BCUT2D eigenvalue weighted by Gasteiger charge is 2.17. The molecule has 0 saturated carbocycles. The van der Waals surface area contributed by atoms with E-state index in [0.717, 1.165) is 45.2 Å². The minimum Gasteiger partial charge on any atom is -0.508 e. The van der Waals surface area contributed by atoms with E-state index in [4.69, 9.17) is 14.2 Å². The van der Waals surface area contributed by atoms with E-state index < -0.39 is 31.9 Å². The van der Waals surface area contributed by atoms with E-state index >= 15 is 0 Å². The first kappa shape index (κ1) is 61.1. The molecule has 3 amide bonds. The Labute approximate surface area is 506 Å². The lowest BCUT2D eigenvalue weighted by Crippen LogP contribution is -2.30. The maximum Gasteiger partial charge on any atom is 0.237 e. The van der Waals surface area contributed by atoms with E-state index in [1.165, 1.54) is 12.1 Å². The molecule has 16 nitrogen and oxygen atoms in total. The van der Waals surface area contributed by atoms with E-state index in [2.05, 4.69) is 141 Å². The molecule has 0 aliphatic rings. The van der Waals surface area contributed by atoms with Gasteiger partial charge in [-0.1, -0.05) is 0 Å². The van der Waals surface area contributed by atoms with Crippen molar-refractivity contribution in [2.75, 3.05) is 19.1 Å². The van der Waals surface area contributed by atoms with E-state index in [9.17, 15) is 46.5 Å². The summed E-state index contributed by atoms with van der Waals surface area (Å²) in [5.41, 5.74) is 2.32. The van der Waals surface area contributed by atoms with Crippen LogP contribution in [-0.2, 0) is 53.7 Å². The molecule has 0 fully saturated rings. The highest BCUT2D eigenvalue weighted by atomic mass is 127. The second-order valence-corrected chi connectivity index (χ2v) is 26.3. The summed E-state index contributed by atoms with van der Waals surface area (Å²) in [6.07, 6.45) is 2.15. The summed E-state index contributed by atoms with van der Waals surface area (Å²) in [6.45, 7) is 2.54. The van der Waals surface area contributed by atoms with Crippen molar-refractivity contribution in [2.24, 2.45) is 0 Å². The van der Waals surface area contributed by atoms with E-state index in [0.29, 0.717) is 56.4 Å². The fourth-order valence-corrected chi connectivity index (χ4v) is 13.5. The number of carbonyl (C=O) groups excluding carboxylic acids is 3. The highest BCUT2D eigenvalue weighted by Crippen LogP contribution is 2.37. The minimum absolute atomic E-state index is 0.0151. The molecule has 0 aliphatic carbocycles. The molecule has 0 unspecified atom stereocenters. The fraction of sp³-hybridized carbons (Fsp3) is 0.152. The number of ether oxygens (including phenoxy) is 3. The molecule has 0 spiro atoms. The molecule has 6 aromatic carbocycles. The molecule has 0 atom stereocenters. The van der Waals surface area contributed by atoms with Gasteiger partial charge in [0.2, 0.25) is 37.8 Å². The van der Waals surface area contributed by atoms with Gasteiger partial charge in [-0.2, -0.15) is 0 Å². The van der Waals surface area contributed by atoms with Crippen LogP contribution in [-0.4, -0.2) is 68.9 Å². The van der Waals surface area contributed by atoms with Crippen molar-refractivity contribution in [1.82, 2.24) is 14.8 Å². The lowest BCUT2D eigenvalue weighted by Gasteiger charge is -2.13. The molecule has 0 aliphatic heterocycles. The van der Waals surface area contributed by atoms with Crippen LogP contribution in [0.25, 0.3) is 0 Å². The van der Waals surface area contributed by atoms with Crippen LogP contribution in [0.3, 0.4) is 0 Å². The third-order valence-corrected chi connectivity index (χ3v) is 15.4. The van der Waals surface area contributed by atoms with Crippen LogP contribution in [0.2, 0.25) is 0 Å². The van der Waals surface area contributed by atoms with Gasteiger partial charge in [-0.3, -0.25) is 23.8 Å². The highest BCUT2D eigenvalue weighted by molar-refractivity contribution is 14.1. The number of sulfonamides is 2. The van der Waals surface area contributed by atoms with Gasteiger partial charge in [-0.05, 0) is 285 Å². The molecule has 0 heterocycles. The van der Waals surface area contributed by atoms with Crippen molar-refractivity contribution in [2.45, 2.75) is 26.2 Å². The predicted molar refractivity (Wildman–Crippen MR) is 329 cm³/mol. The fourth-order valence-electron chi connectivity index (χ4n) is 5.67. The molecule has 71 heavy (non-hydrogen) atoms. The second-order valence-electron chi connectivity index (χ2n) is 14.7. The van der Waals surface area contributed by atoms with E-state index in [1.807, 2.05) is 51.1 Å². The number of aromatic hydroxyl groups is 3. The average molecular weight is 1800 g/mol. The van der Waals surface area contributed by atoms with Gasteiger partial charge in [0.25, 0.3) is 0 Å². The summed E-state index contributed by atoms with van der Waals surface area (Å²) in [5.74, 6) is 3.22. The van der Waals surface area contributed by atoms with Gasteiger partial charge in [0.05, 0.1) is 56.8 Å². The largest absolute Gasteiger partial charge is 0.508 e. The third-order valence-electron chi connectivity index (χ3n) is 8.49. The Bertz CT molecular complexity index is 3060. The van der Waals surface area contributed by atoms with E-state index in [-0.39, 0.29) is 36.0 Å². The van der Waals surface area contributed by atoms with Crippen molar-refractivity contribution in [3.8, 4) is 51.7 Å². The molecule has 0 saturated heterocycles. The van der Waals surface area contributed by atoms with Gasteiger partial charge < -0.3 is 34.8 Å². The number of hydrogen-bond donors (Lipinski definition) is 6. The van der Waals surface area contributed by atoms with Crippen LogP contribution in [0.1, 0.15) is 23.6 Å². The van der Waals surface area contributed by atoms with Gasteiger partial charge in [0.15, 0.2) is 17.2 Å². The third kappa shape index (κ3) is 21.7. The molecule has 25 heteroatoms. The first-order chi connectivity index (χ1) is 33.2. The molecule has 0 radical (unpaired) electrons. The molecule has 0 bridgehead atoms. The zero-order valence-corrected chi connectivity index (χ0v) is 53.8. The summed E-state index contributed by atoms with van der Waals surface area (Å²) >= 11 is 14.8. The van der Waals surface area contributed by atoms with Crippen molar-refractivity contribution in [3.63, 3.8) is 0 Å². The monoisotopic (exact) mass is 1790 g/mol. The Morgan fingerprint density at radius 1 is 0.451 bits per heavy atom. The summed E-state index contributed by atoms with van der Waals surface area (Å²) in [6, 6.07) is 28.8. The summed E-state index contributed by atoms with van der Waals surface area (Å²) in [4.78, 5) is 35.1. The number of phenolic OH excluding ortho intramolecular Hbond substituents is 3. The normalized spacial score (nSPS) is 10.9. The van der Waals surface area contributed by atoms with Gasteiger partial charge >= 0.3 is 0 Å². The Kier molecular flexibility index (Phi) is 24.5. The Balaban J connectivity index is 0.000000232. The zero-order chi connectivity index (χ0) is 52.8. The standard InChI is InChI=1S/C16H15I2NO3.C15H12I3NO5S.C15H13I2NO5S/c1-2-19-15(21)9-10-7-13(17)16(14(18)8-10)22-12-5-3-11(20)4-6-12;1-25(22,23)19-14(21)6-8-4-11(17)15(12(18)5-8)24-9-2-3-13(20)10(16)7-9;1-24(21,22)18-14(20)8-9-6-12(16)15(13(17)7-9)23-11-4-2-10(19)3-5-11/h3-8,20H,2,9H2,1H3,(H,19,21);2-5,7,20H,6H2,1H3,(H,19,21);2-7,19H,8H2,1H3,(H,18,20). The lowest BCUT2D eigenvalue weighted by molar-refractivity contribution is -0.120. The maximum absolute atomic E-state index is 11.7. The molecule has 6 aromatic rings. The van der Waals surface area contributed by atoms with Crippen molar-refractivity contribution < 1.29 is 60.7 Å². The number of rotatable bonds is 15. The van der Waals surface area contributed by atoms with Gasteiger partial charge in [-0.15, -0.1) is 0 Å². The van der Waals surface area contributed by atoms with Gasteiger partial charge in [0, 0.05) is 6.54 Å². The van der Waals surface area contributed by atoms with Crippen LogP contribution < -0.4 is 29.0 Å². The number of phenols is 3. The summed E-state index contributed by atoms with van der Waals surface area (Å²) < 4.78 is 71.5. The molecular formula is C46H40I7N3O13S2. The Hall–Kier alpha value is -2.46. The SMILES string of the molecule is CCNC(=O)Cc1cc(I)c(Oc2ccc(O)cc2)c(I)c1.CS(=O)(=O)NC(=O)Cc1cc(I)c(Oc2ccc(O)c(I)c2)c(I)c1.CS(=O)(=O)NC(=O)Cc1cc(I)c(Oc2ccc(O)cc2)c(I)c1. The second kappa shape index (κ2) is 28.4. The smallest absolute Gasteiger partial charge is 0.237 e.